The van der Waals surface area contributed by atoms with Crippen LogP contribution in [0, 0.1) is 6.92 Å². The summed E-state index contributed by atoms with van der Waals surface area (Å²) in [5, 5.41) is 16.2. The summed E-state index contributed by atoms with van der Waals surface area (Å²) in [6.45, 7) is 3.39. The molecule has 0 unspecified atom stereocenters. The zero-order valence-corrected chi connectivity index (χ0v) is 11.8. The highest BCUT2D eigenvalue weighted by molar-refractivity contribution is 7.11. The highest BCUT2D eigenvalue weighted by atomic mass is 32.1. The van der Waals surface area contributed by atoms with E-state index in [0.717, 1.165) is 23.1 Å². The normalized spacial score (nSPS) is 10.8. The standard InChI is InChI=1S/C13H14N6S/c1-10-15-8-12(20-10)7-14-9-13-16-17-18-19(13)11-5-3-2-4-6-11/h2-6,8,14H,7,9H2,1H3. The van der Waals surface area contributed by atoms with E-state index in [9.17, 15) is 0 Å². The van der Waals surface area contributed by atoms with Gasteiger partial charge < -0.3 is 5.32 Å². The van der Waals surface area contributed by atoms with Gasteiger partial charge in [-0.3, -0.25) is 0 Å². The number of aryl methyl sites for hydroxylation is 1. The quantitative estimate of drug-likeness (QED) is 0.773. The number of rotatable bonds is 5. The summed E-state index contributed by atoms with van der Waals surface area (Å²) >= 11 is 1.69. The van der Waals surface area contributed by atoms with E-state index >= 15 is 0 Å². The molecule has 102 valence electrons. The fourth-order valence-corrected chi connectivity index (χ4v) is 2.63. The first-order chi connectivity index (χ1) is 9.83. The molecule has 0 atom stereocenters. The van der Waals surface area contributed by atoms with Crippen LogP contribution in [-0.2, 0) is 13.1 Å². The molecule has 1 N–H and O–H groups in total. The van der Waals surface area contributed by atoms with Crippen molar-refractivity contribution in [2.24, 2.45) is 0 Å². The minimum Gasteiger partial charge on any atom is -0.305 e. The van der Waals surface area contributed by atoms with Crippen molar-refractivity contribution in [3.05, 3.63) is 52.2 Å². The minimum atomic E-state index is 0.610. The molecule has 0 radical (unpaired) electrons. The van der Waals surface area contributed by atoms with Gasteiger partial charge >= 0.3 is 0 Å². The molecule has 2 heterocycles. The number of tetrazole rings is 1. The molecule has 0 saturated carbocycles. The third-order valence-electron chi connectivity index (χ3n) is 2.79. The molecule has 7 heteroatoms. The van der Waals surface area contributed by atoms with Gasteiger partial charge in [0.25, 0.3) is 0 Å². The Morgan fingerprint density at radius 3 is 2.80 bits per heavy atom. The number of thiazole rings is 1. The molecule has 0 spiro atoms. The van der Waals surface area contributed by atoms with E-state index in [2.05, 4.69) is 25.8 Å². The van der Waals surface area contributed by atoms with E-state index in [0.29, 0.717) is 6.54 Å². The molecule has 2 aromatic heterocycles. The molecule has 0 amide bonds. The smallest absolute Gasteiger partial charge is 0.170 e. The lowest BCUT2D eigenvalue weighted by molar-refractivity contribution is 0.645. The van der Waals surface area contributed by atoms with Gasteiger partial charge in [0.15, 0.2) is 5.82 Å². The van der Waals surface area contributed by atoms with Crippen molar-refractivity contribution in [1.29, 1.82) is 0 Å². The van der Waals surface area contributed by atoms with Crippen molar-refractivity contribution in [3.8, 4) is 5.69 Å². The SMILES string of the molecule is Cc1ncc(CNCc2nnnn2-c2ccccc2)s1. The average Bonchev–Trinajstić information content (AvgIpc) is 3.09. The lowest BCUT2D eigenvalue weighted by atomic mass is 10.3. The van der Waals surface area contributed by atoms with Crippen LogP contribution in [0.5, 0.6) is 0 Å². The molecule has 0 fully saturated rings. The van der Waals surface area contributed by atoms with Crippen molar-refractivity contribution in [3.63, 3.8) is 0 Å². The molecule has 6 nitrogen and oxygen atoms in total. The van der Waals surface area contributed by atoms with Crippen molar-refractivity contribution in [2.45, 2.75) is 20.0 Å². The van der Waals surface area contributed by atoms with Crippen LogP contribution >= 0.6 is 11.3 Å². The highest BCUT2D eigenvalue weighted by Crippen LogP contribution is 2.11. The van der Waals surface area contributed by atoms with Crippen LogP contribution in [0.2, 0.25) is 0 Å². The molecule has 0 aliphatic rings. The molecule has 0 bridgehead atoms. The Morgan fingerprint density at radius 2 is 2.05 bits per heavy atom. The van der Waals surface area contributed by atoms with Gasteiger partial charge in [-0.1, -0.05) is 18.2 Å². The molecule has 1 aromatic carbocycles. The van der Waals surface area contributed by atoms with Gasteiger partial charge in [-0.05, 0) is 29.5 Å². The first-order valence-corrected chi connectivity index (χ1v) is 7.09. The third kappa shape index (κ3) is 2.89. The third-order valence-corrected chi connectivity index (χ3v) is 3.70. The summed E-state index contributed by atoms with van der Waals surface area (Å²) in [6.07, 6.45) is 1.90. The Labute approximate surface area is 120 Å². The zero-order valence-electron chi connectivity index (χ0n) is 11.0. The summed E-state index contributed by atoms with van der Waals surface area (Å²) in [5.74, 6) is 0.789. The Balaban J connectivity index is 1.65. The van der Waals surface area contributed by atoms with Crippen LogP contribution in [0.4, 0.5) is 0 Å². The Bertz CT molecular complexity index is 675. The number of hydrogen-bond acceptors (Lipinski definition) is 6. The van der Waals surface area contributed by atoms with Gasteiger partial charge in [0, 0.05) is 17.6 Å². The van der Waals surface area contributed by atoms with E-state index in [1.807, 2.05) is 43.5 Å². The van der Waals surface area contributed by atoms with Gasteiger partial charge in [0.05, 0.1) is 17.2 Å². The van der Waals surface area contributed by atoms with Crippen molar-refractivity contribution < 1.29 is 0 Å². The first kappa shape index (κ1) is 12.9. The second kappa shape index (κ2) is 5.89. The van der Waals surface area contributed by atoms with Crippen LogP contribution in [0.15, 0.2) is 36.5 Å². The first-order valence-electron chi connectivity index (χ1n) is 6.27. The van der Waals surface area contributed by atoms with Crippen molar-refractivity contribution in [2.75, 3.05) is 0 Å². The minimum absolute atomic E-state index is 0.610. The monoisotopic (exact) mass is 286 g/mol. The van der Waals surface area contributed by atoms with Crippen LogP contribution in [0.25, 0.3) is 5.69 Å². The number of aromatic nitrogens is 5. The van der Waals surface area contributed by atoms with Crippen LogP contribution in [0.1, 0.15) is 15.7 Å². The largest absolute Gasteiger partial charge is 0.305 e. The Morgan fingerprint density at radius 1 is 1.20 bits per heavy atom. The second-order valence-corrected chi connectivity index (χ2v) is 5.61. The van der Waals surface area contributed by atoms with Crippen LogP contribution in [0.3, 0.4) is 0 Å². The van der Waals surface area contributed by atoms with Crippen molar-refractivity contribution >= 4 is 11.3 Å². The molecule has 0 aliphatic heterocycles. The summed E-state index contributed by atoms with van der Waals surface area (Å²) in [7, 11) is 0. The van der Waals surface area contributed by atoms with E-state index in [-0.39, 0.29) is 0 Å². The van der Waals surface area contributed by atoms with Crippen molar-refractivity contribution in [1.82, 2.24) is 30.5 Å². The summed E-state index contributed by atoms with van der Waals surface area (Å²) in [5.41, 5.74) is 0.961. The number of hydrogen-bond donors (Lipinski definition) is 1. The fraction of sp³-hybridized carbons (Fsp3) is 0.231. The number of benzene rings is 1. The second-order valence-electron chi connectivity index (χ2n) is 4.29. The zero-order chi connectivity index (χ0) is 13.8. The number of nitrogens with zero attached hydrogens (tertiary/aromatic N) is 5. The maximum atomic E-state index is 4.23. The molecule has 0 aliphatic carbocycles. The Kier molecular flexibility index (Phi) is 3.80. The predicted molar refractivity (Wildman–Crippen MR) is 76.5 cm³/mol. The van der Waals surface area contributed by atoms with E-state index in [4.69, 9.17) is 0 Å². The summed E-state index contributed by atoms with van der Waals surface area (Å²) in [6, 6.07) is 9.86. The molecule has 0 saturated heterocycles. The lowest BCUT2D eigenvalue weighted by Gasteiger charge is -2.04. The molecule has 20 heavy (non-hydrogen) atoms. The molecule has 3 aromatic rings. The van der Waals surface area contributed by atoms with Gasteiger partial charge in [0.1, 0.15) is 0 Å². The van der Waals surface area contributed by atoms with E-state index < -0.39 is 0 Å². The average molecular weight is 286 g/mol. The van der Waals surface area contributed by atoms with Gasteiger partial charge in [0.2, 0.25) is 0 Å². The highest BCUT2D eigenvalue weighted by Gasteiger charge is 2.07. The number of nitrogens with one attached hydrogen (secondary N) is 1. The molecular weight excluding hydrogens is 272 g/mol. The topological polar surface area (TPSA) is 68.5 Å². The number of para-hydroxylation sites is 1. The molecular formula is C13H14N6S. The van der Waals surface area contributed by atoms with E-state index in [1.54, 1.807) is 16.0 Å². The van der Waals surface area contributed by atoms with Gasteiger partial charge in [-0.2, -0.15) is 4.68 Å². The lowest BCUT2D eigenvalue weighted by Crippen LogP contribution is -2.16. The summed E-state index contributed by atoms with van der Waals surface area (Å²) in [4.78, 5) is 5.44. The van der Waals surface area contributed by atoms with Crippen LogP contribution in [-0.4, -0.2) is 25.2 Å². The summed E-state index contributed by atoms with van der Waals surface area (Å²) < 4.78 is 1.74. The maximum Gasteiger partial charge on any atom is 0.170 e. The Hall–Kier alpha value is -2.12. The molecule has 3 rings (SSSR count). The maximum absolute atomic E-state index is 4.23. The van der Waals surface area contributed by atoms with E-state index in [1.165, 1.54) is 4.88 Å². The van der Waals surface area contributed by atoms with Crippen LogP contribution < -0.4 is 5.32 Å². The van der Waals surface area contributed by atoms with Gasteiger partial charge in [-0.25, -0.2) is 4.98 Å². The fourth-order valence-electron chi connectivity index (χ4n) is 1.87. The van der Waals surface area contributed by atoms with Gasteiger partial charge in [-0.15, -0.1) is 16.4 Å². The predicted octanol–water partition coefficient (Wildman–Crippen LogP) is 1.72.